The third-order valence-electron chi connectivity index (χ3n) is 4.47. The number of anilines is 1. The van der Waals surface area contributed by atoms with Crippen LogP contribution in [0.15, 0.2) is 48.5 Å². The van der Waals surface area contributed by atoms with Gasteiger partial charge in [0.1, 0.15) is 5.75 Å². The molecule has 24 heavy (non-hydrogen) atoms. The van der Waals surface area contributed by atoms with E-state index in [1.54, 1.807) is 7.11 Å². The third-order valence-corrected chi connectivity index (χ3v) is 4.47. The first-order chi connectivity index (χ1) is 11.7. The fraction of sp³-hybridized carbons (Fsp3) is 0.211. The molecule has 0 saturated heterocycles. The summed E-state index contributed by atoms with van der Waals surface area (Å²) in [6.45, 7) is 0. The summed E-state index contributed by atoms with van der Waals surface area (Å²) >= 11 is 0. The highest BCUT2D eigenvalue weighted by Gasteiger charge is 2.26. The number of urea groups is 1. The van der Waals surface area contributed by atoms with E-state index >= 15 is 0 Å². The first kappa shape index (κ1) is 14.6. The predicted octanol–water partition coefficient (Wildman–Crippen LogP) is 3.47. The maximum Gasteiger partial charge on any atom is 0.319 e. The Kier molecular flexibility index (Phi) is 3.61. The van der Waals surface area contributed by atoms with E-state index in [0.29, 0.717) is 0 Å². The van der Waals surface area contributed by atoms with Gasteiger partial charge in [-0.2, -0.15) is 0 Å². The van der Waals surface area contributed by atoms with E-state index in [2.05, 4.69) is 21.7 Å². The van der Waals surface area contributed by atoms with Gasteiger partial charge in [-0.1, -0.05) is 18.2 Å². The number of fused-ring (bicyclic) bond motifs is 3. The molecule has 2 amide bonds. The standard InChI is InChI=1S/C19H19N3O2/c1-24-14-7-8-17-16(11-14)15-9-13(10-18(15)22-17)21-19(23)20-12-5-3-2-4-6-12/h2-8,11,13,22H,9-10H2,1H3,(H2,20,21,23). The van der Waals surface area contributed by atoms with Gasteiger partial charge in [0, 0.05) is 34.7 Å². The average molecular weight is 321 g/mol. The fourth-order valence-corrected chi connectivity index (χ4v) is 3.36. The molecule has 2 aromatic carbocycles. The Balaban J connectivity index is 1.46. The number of hydrogen-bond donors (Lipinski definition) is 3. The first-order valence-corrected chi connectivity index (χ1v) is 8.03. The molecule has 4 rings (SSSR count). The number of para-hydroxylation sites is 1. The molecule has 3 N–H and O–H groups in total. The molecule has 0 saturated carbocycles. The zero-order valence-electron chi connectivity index (χ0n) is 13.4. The molecule has 122 valence electrons. The molecule has 0 fully saturated rings. The number of hydrogen-bond acceptors (Lipinski definition) is 2. The van der Waals surface area contributed by atoms with Crippen LogP contribution in [0.4, 0.5) is 10.5 Å². The zero-order chi connectivity index (χ0) is 16.5. The molecule has 1 aliphatic rings. The summed E-state index contributed by atoms with van der Waals surface area (Å²) in [4.78, 5) is 15.6. The van der Waals surface area contributed by atoms with Gasteiger partial charge in [0.25, 0.3) is 0 Å². The van der Waals surface area contributed by atoms with Crippen molar-refractivity contribution in [2.75, 3.05) is 12.4 Å². The predicted molar refractivity (Wildman–Crippen MR) is 94.6 cm³/mol. The van der Waals surface area contributed by atoms with Crippen LogP contribution in [0.1, 0.15) is 11.3 Å². The van der Waals surface area contributed by atoms with Crippen LogP contribution in [0, 0.1) is 0 Å². The topological polar surface area (TPSA) is 66.1 Å². The molecule has 0 spiro atoms. The van der Waals surface area contributed by atoms with Crippen molar-refractivity contribution in [1.29, 1.82) is 0 Å². The molecule has 5 heteroatoms. The fourth-order valence-electron chi connectivity index (χ4n) is 3.36. The molecule has 3 aromatic rings. The van der Waals surface area contributed by atoms with Crippen molar-refractivity contribution in [3.63, 3.8) is 0 Å². The van der Waals surface area contributed by atoms with Gasteiger partial charge in [-0.15, -0.1) is 0 Å². The molecule has 0 radical (unpaired) electrons. The Morgan fingerprint density at radius 1 is 1.17 bits per heavy atom. The second-order valence-electron chi connectivity index (χ2n) is 6.06. The Bertz CT molecular complexity index is 886. The van der Waals surface area contributed by atoms with Crippen molar-refractivity contribution in [2.24, 2.45) is 0 Å². The normalized spacial score (nSPS) is 16.0. The Morgan fingerprint density at radius 2 is 2.00 bits per heavy atom. The van der Waals surface area contributed by atoms with E-state index < -0.39 is 0 Å². The lowest BCUT2D eigenvalue weighted by atomic mass is 10.1. The highest BCUT2D eigenvalue weighted by atomic mass is 16.5. The number of amides is 2. The van der Waals surface area contributed by atoms with Gasteiger partial charge in [0.05, 0.1) is 7.11 Å². The summed E-state index contributed by atoms with van der Waals surface area (Å²) in [5.41, 5.74) is 4.38. The van der Waals surface area contributed by atoms with Gasteiger partial charge in [-0.05, 0) is 42.3 Å². The van der Waals surface area contributed by atoms with E-state index in [1.807, 2.05) is 42.5 Å². The van der Waals surface area contributed by atoms with Crippen LogP contribution in [0.2, 0.25) is 0 Å². The minimum Gasteiger partial charge on any atom is -0.497 e. The monoisotopic (exact) mass is 321 g/mol. The number of carbonyl (C=O) groups is 1. The summed E-state index contributed by atoms with van der Waals surface area (Å²) in [5, 5.41) is 7.09. The number of carbonyl (C=O) groups excluding carboxylic acids is 1. The van der Waals surface area contributed by atoms with E-state index in [-0.39, 0.29) is 12.1 Å². The summed E-state index contributed by atoms with van der Waals surface area (Å²) in [5.74, 6) is 0.850. The molecule has 5 nitrogen and oxygen atoms in total. The minimum atomic E-state index is -0.168. The van der Waals surface area contributed by atoms with Gasteiger partial charge in [0.2, 0.25) is 0 Å². The molecule has 1 aliphatic carbocycles. The third kappa shape index (κ3) is 2.69. The Hall–Kier alpha value is -2.95. The Labute approximate surface area is 140 Å². The smallest absolute Gasteiger partial charge is 0.319 e. The summed E-state index contributed by atoms with van der Waals surface area (Å²) in [7, 11) is 1.67. The van der Waals surface area contributed by atoms with Crippen molar-refractivity contribution in [2.45, 2.75) is 18.9 Å². The molecule has 0 bridgehead atoms. The molecule has 1 heterocycles. The number of rotatable bonds is 3. The SMILES string of the molecule is COc1ccc2[nH]c3c(c2c1)CC(NC(=O)Nc1ccccc1)C3. The number of nitrogens with one attached hydrogen (secondary N) is 3. The second-order valence-corrected chi connectivity index (χ2v) is 6.06. The average Bonchev–Trinajstić information content (AvgIpc) is 3.12. The van der Waals surface area contributed by atoms with E-state index in [1.165, 1.54) is 16.6 Å². The van der Waals surface area contributed by atoms with Crippen LogP contribution in [0.3, 0.4) is 0 Å². The van der Waals surface area contributed by atoms with Gasteiger partial charge in [0.15, 0.2) is 0 Å². The molecule has 1 unspecified atom stereocenters. The van der Waals surface area contributed by atoms with Crippen LogP contribution in [-0.4, -0.2) is 24.2 Å². The number of aromatic amines is 1. The molecule has 1 aromatic heterocycles. The summed E-state index contributed by atoms with van der Waals surface area (Å²) < 4.78 is 5.32. The van der Waals surface area contributed by atoms with Crippen molar-refractivity contribution in [1.82, 2.24) is 10.3 Å². The van der Waals surface area contributed by atoms with Crippen molar-refractivity contribution < 1.29 is 9.53 Å². The van der Waals surface area contributed by atoms with Crippen molar-refractivity contribution >= 4 is 22.6 Å². The highest BCUT2D eigenvalue weighted by molar-refractivity contribution is 5.90. The molecule has 0 aliphatic heterocycles. The van der Waals surface area contributed by atoms with Gasteiger partial charge in [-0.3, -0.25) is 0 Å². The number of benzene rings is 2. The minimum absolute atomic E-state index is 0.102. The van der Waals surface area contributed by atoms with E-state index in [0.717, 1.165) is 29.8 Å². The van der Waals surface area contributed by atoms with Crippen molar-refractivity contribution in [3.8, 4) is 5.75 Å². The lowest BCUT2D eigenvalue weighted by Gasteiger charge is -2.13. The maximum absolute atomic E-state index is 12.2. The van der Waals surface area contributed by atoms with Crippen LogP contribution < -0.4 is 15.4 Å². The van der Waals surface area contributed by atoms with Gasteiger partial charge >= 0.3 is 6.03 Å². The van der Waals surface area contributed by atoms with E-state index in [4.69, 9.17) is 4.74 Å². The lowest BCUT2D eigenvalue weighted by Crippen LogP contribution is -2.38. The lowest BCUT2D eigenvalue weighted by molar-refractivity contribution is 0.249. The van der Waals surface area contributed by atoms with Crippen LogP contribution in [-0.2, 0) is 12.8 Å². The van der Waals surface area contributed by atoms with Crippen molar-refractivity contribution in [3.05, 3.63) is 59.8 Å². The highest BCUT2D eigenvalue weighted by Crippen LogP contribution is 2.32. The number of methoxy groups -OCH3 is 1. The van der Waals surface area contributed by atoms with Crippen LogP contribution in [0.5, 0.6) is 5.75 Å². The quantitative estimate of drug-likeness (QED) is 0.691. The Morgan fingerprint density at radius 3 is 2.79 bits per heavy atom. The number of ether oxygens (including phenoxy) is 1. The molecular formula is C19H19N3O2. The van der Waals surface area contributed by atoms with E-state index in [9.17, 15) is 4.79 Å². The second kappa shape index (κ2) is 5.92. The molecule has 1 atom stereocenters. The van der Waals surface area contributed by atoms with Gasteiger partial charge < -0.3 is 20.4 Å². The molecular weight excluding hydrogens is 302 g/mol. The largest absolute Gasteiger partial charge is 0.497 e. The van der Waals surface area contributed by atoms with Crippen LogP contribution >= 0.6 is 0 Å². The summed E-state index contributed by atoms with van der Waals surface area (Å²) in [6, 6.07) is 15.4. The number of aromatic nitrogens is 1. The first-order valence-electron chi connectivity index (χ1n) is 8.03. The van der Waals surface area contributed by atoms with Gasteiger partial charge in [-0.25, -0.2) is 4.79 Å². The zero-order valence-corrected chi connectivity index (χ0v) is 13.4. The number of H-pyrrole nitrogens is 1. The summed E-state index contributed by atoms with van der Waals surface area (Å²) in [6.07, 6.45) is 1.64. The maximum atomic E-state index is 12.2. The van der Waals surface area contributed by atoms with Crippen LogP contribution in [0.25, 0.3) is 10.9 Å².